The topological polar surface area (TPSA) is 157 Å². The van der Waals surface area contributed by atoms with E-state index in [4.69, 9.17) is 10.5 Å². The molecule has 0 bridgehead atoms. The average molecular weight is 389 g/mol. The Morgan fingerprint density at radius 1 is 1.32 bits per heavy atom. The molecule has 3 rings (SSSR count). The van der Waals surface area contributed by atoms with Crippen molar-refractivity contribution in [2.24, 2.45) is 0 Å². The number of hydrogen-bond acceptors (Lipinski definition) is 9. The number of anilines is 1. The van der Waals surface area contributed by atoms with E-state index in [1.54, 1.807) is 0 Å². The average Bonchev–Trinajstić information content (AvgIpc) is 3.22. The number of aliphatic hydroxyl groups is 3. The van der Waals surface area contributed by atoms with Gasteiger partial charge in [0.15, 0.2) is 17.7 Å². The predicted molar refractivity (Wildman–Crippen MR) is 98.8 cm³/mol. The molecule has 0 saturated carbocycles. The third kappa shape index (κ3) is 3.98. The first kappa shape index (κ1) is 20.2. The molecule has 0 aliphatic carbocycles. The lowest BCUT2D eigenvalue weighted by Crippen LogP contribution is -2.33. The van der Waals surface area contributed by atoms with Crippen LogP contribution in [0.15, 0.2) is 6.33 Å². The Kier molecular flexibility index (Phi) is 6.21. The summed E-state index contributed by atoms with van der Waals surface area (Å²) in [5.74, 6) is 5.04. The van der Waals surface area contributed by atoms with Gasteiger partial charge in [-0.2, -0.15) is 0 Å². The molecule has 10 heteroatoms. The van der Waals surface area contributed by atoms with Crippen molar-refractivity contribution in [1.82, 2.24) is 19.5 Å². The molecule has 28 heavy (non-hydrogen) atoms. The van der Waals surface area contributed by atoms with Gasteiger partial charge in [0.2, 0.25) is 11.6 Å². The summed E-state index contributed by atoms with van der Waals surface area (Å²) in [6, 6.07) is 0. The Hall–Kier alpha value is -2.58. The number of fused-ring (bicyclic) bond motifs is 1. The number of aliphatic hydroxyl groups excluding tert-OH is 3. The summed E-state index contributed by atoms with van der Waals surface area (Å²) in [6.07, 6.45) is -0.00712. The fourth-order valence-corrected chi connectivity index (χ4v) is 3.01. The first-order valence-corrected chi connectivity index (χ1v) is 9.13. The largest absolute Gasteiger partial charge is 0.394 e. The van der Waals surface area contributed by atoms with Crippen molar-refractivity contribution < 1.29 is 24.9 Å². The van der Waals surface area contributed by atoms with E-state index < -0.39 is 31.1 Å². The second-order valence-corrected chi connectivity index (χ2v) is 6.62. The van der Waals surface area contributed by atoms with Gasteiger partial charge in [0.05, 0.1) is 12.9 Å². The van der Waals surface area contributed by atoms with Crippen molar-refractivity contribution in [3.8, 4) is 11.8 Å². The molecule has 3 heterocycles. The summed E-state index contributed by atoms with van der Waals surface area (Å²) in [5, 5.41) is 29.4. The second kappa shape index (κ2) is 8.62. The standard InChI is InChI=1S/C18H23N5O5/c1-2-3-4-5-10(25)6-7-12-21-16(19)13-17(22-12)23(9-20-13)18-15(27)14(26)11(8-24)28-18/h9,11,14-15,18,24,26-27H,2-5,8H2,1H3,(H2,19,21,22)/t11-,14-,15-,18-/m1/s1. The van der Waals surface area contributed by atoms with E-state index in [1.807, 2.05) is 0 Å². The highest BCUT2D eigenvalue weighted by molar-refractivity contribution is 5.95. The zero-order chi connectivity index (χ0) is 20.3. The molecule has 2 aromatic heterocycles. The highest BCUT2D eigenvalue weighted by atomic mass is 16.6. The number of ether oxygens (including phenoxy) is 1. The molecule has 0 amide bonds. The number of nitrogens with zero attached hydrogens (tertiary/aromatic N) is 4. The molecule has 1 saturated heterocycles. The van der Waals surface area contributed by atoms with E-state index in [-0.39, 0.29) is 28.6 Å². The van der Waals surface area contributed by atoms with Crippen LogP contribution in [0.5, 0.6) is 0 Å². The third-order valence-corrected chi connectivity index (χ3v) is 4.56. The number of nitrogens with two attached hydrogens (primary N) is 1. The molecule has 5 N–H and O–H groups in total. The fourth-order valence-electron chi connectivity index (χ4n) is 3.01. The summed E-state index contributed by atoms with van der Waals surface area (Å²) in [4.78, 5) is 24.3. The maximum absolute atomic E-state index is 11.8. The summed E-state index contributed by atoms with van der Waals surface area (Å²) in [5.41, 5.74) is 6.43. The molecule has 10 nitrogen and oxygen atoms in total. The minimum absolute atomic E-state index is 0.0438. The first-order valence-electron chi connectivity index (χ1n) is 9.13. The van der Waals surface area contributed by atoms with Gasteiger partial charge in [-0.3, -0.25) is 9.36 Å². The Labute approximate surface area is 161 Å². The zero-order valence-electron chi connectivity index (χ0n) is 15.4. The van der Waals surface area contributed by atoms with Crippen molar-refractivity contribution in [3.63, 3.8) is 0 Å². The minimum Gasteiger partial charge on any atom is -0.394 e. The highest BCUT2D eigenvalue weighted by Crippen LogP contribution is 2.31. The predicted octanol–water partition coefficient (Wildman–Crippen LogP) is -0.479. The monoisotopic (exact) mass is 389 g/mol. The van der Waals surface area contributed by atoms with E-state index in [0.29, 0.717) is 6.42 Å². The minimum atomic E-state index is -1.29. The molecule has 1 aliphatic rings. The van der Waals surface area contributed by atoms with Gasteiger partial charge >= 0.3 is 0 Å². The van der Waals surface area contributed by atoms with Gasteiger partial charge in [-0.05, 0) is 18.3 Å². The lowest BCUT2D eigenvalue weighted by atomic mass is 10.1. The maximum Gasteiger partial charge on any atom is 0.209 e. The molecule has 0 spiro atoms. The van der Waals surface area contributed by atoms with E-state index in [2.05, 4.69) is 33.7 Å². The van der Waals surface area contributed by atoms with Crippen molar-refractivity contribution in [2.45, 2.75) is 57.1 Å². The molecule has 0 radical (unpaired) electrons. The number of carbonyl (C=O) groups is 1. The van der Waals surface area contributed by atoms with E-state index in [0.717, 1.165) is 19.3 Å². The van der Waals surface area contributed by atoms with Crippen molar-refractivity contribution >= 4 is 22.8 Å². The third-order valence-electron chi connectivity index (χ3n) is 4.56. The normalized spacial score (nSPS) is 24.3. The van der Waals surface area contributed by atoms with Gasteiger partial charge in [-0.1, -0.05) is 19.8 Å². The molecule has 1 fully saturated rings. The fraction of sp³-hybridized carbons (Fsp3) is 0.556. The molecular weight excluding hydrogens is 366 g/mol. The Balaban J connectivity index is 1.89. The molecular formula is C18H23N5O5. The van der Waals surface area contributed by atoms with Crippen molar-refractivity contribution in [1.29, 1.82) is 0 Å². The Morgan fingerprint density at radius 3 is 2.79 bits per heavy atom. The van der Waals surface area contributed by atoms with Gasteiger partial charge in [0.1, 0.15) is 23.8 Å². The maximum atomic E-state index is 11.8. The van der Waals surface area contributed by atoms with Crippen LogP contribution in [-0.2, 0) is 9.53 Å². The summed E-state index contributed by atoms with van der Waals surface area (Å²) >= 11 is 0. The number of carbonyl (C=O) groups excluding carboxylic acids is 1. The SMILES string of the molecule is CCCCCC(=O)C#Cc1nc(N)c2ncn([C@@H]3O[C@H](CO)[C@@H](O)[C@H]3O)c2n1. The number of aromatic nitrogens is 4. The zero-order valence-corrected chi connectivity index (χ0v) is 15.4. The lowest BCUT2D eigenvalue weighted by molar-refractivity contribution is -0.113. The molecule has 2 aromatic rings. The summed E-state index contributed by atoms with van der Waals surface area (Å²) in [7, 11) is 0. The molecule has 1 aliphatic heterocycles. The number of hydrogen-bond donors (Lipinski definition) is 4. The first-order chi connectivity index (χ1) is 13.5. The van der Waals surface area contributed by atoms with E-state index in [9.17, 15) is 20.1 Å². The number of ketones is 1. The van der Waals surface area contributed by atoms with Crippen molar-refractivity contribution in [2.75, 3.05) is 12.3 Å². The molecule has 150 valence electrons. The van der Waals surface area contributed by atoms with Gasteiger partial charge in [-0.15, -0.1) is 0 Å². The van der Waals surface area contributed by atoms with Crippen LogP contribution < -0.4 is 5.73 Å². The second-order valence-electron chi connectivity index (χ2n) is 6.62. The molecule has 4 atom stereocenters. The van der Waals surface area contributed by atoms with Gasteiger partial charge in [0.25, 0.3) is 0 Å². The number of Topliss-reactive ketones (excluding diaryl/α,β-unsaturated/α-hetero) is 1. The number of unbranched alkanes of at least 4 members (excludes halogenated alkanes) is 2. The molecule has 0 aromatic carbocycles. The molecule has 0 unspecified atom stereocenters. The van der Waals surface area contributed by atoms with Crippen LogP contribution in [0.2, 0.25) is 0 Å². The number of nitrogen functional groups attached to an aromatic ring is 1. The number of rotatable bonds is 6. The quantitative estimate of drug-likeness (QED) is 0.378. The number of imidazole rings is 1. The van der Waals surface area contributed by atoms with Crippen LogP contribution in [0.4, 0.5) is 5.82 Å². The summed E-state index contributed by atoms with van der Waals surface area (Å²) in [6.45, 7) is 1.60. The Morgan fingerprint density at radius 2 is 2.11 bits per heavy atom. The Bertz CT molecular complexity index is 918. The van der Waals surface area contributed by atoms with Crippen LogP contribution in [0.25, 0.3) is 11.2 Å². The lowest BCUT2D eigenvalue weighted by Gasteiger charge is -2.16. The van der Waals surface area contributed by atoms with Crippen LogP contribution in [-0.4, -0.2) is 65.5 Å². The van der Waals surface area contributed by atoms with Gasteiger partial charge in [0, 0.05) is 6.42 Å². The van der Waals surface area contributed by atoms with Crippen LogP contribution in [0.3, 0.4) is 0 Å². The van der Waals surface area contributed by atoms with Crippen molar-refractivity contribution in [3.05, 3.63) is 12.2 Å². The summed E-state index contributed by atoms with van der Waals surface area (Å²) < 4.78 is 6.90. The highest BCUT2D eigenvalue weighted by Gasteiger charge is 2.44. The van der Waals surface area contributed by atoms with Gasteiger partial charge < -0.3 is 25.8 Å². The van der Waals surface area contributed by atoms with E-state index >= 15 is 0 Å². The van der Waals surface area contributed by atoms with E-state index in [1.165, 1.54) is 10.9 Å². The van der Waals surface area contributed by atoms with Crippen LogP contribution >= 0.6 is 0 Å². The van der Waals surface area contributed by atoms with Gasteiger partial charge in [-0.25, -0.2) is 15.0 Å². The smallest absolute Gasteiger partial charge is 0.209 e. The van der Waals surface area contributed by atoms with Crippen LogP contribution in [0.1, 0.15) is 44.7 Å². The van der Waals surface area contributed by atoms with Crippen LogP contribution in [0, 0.1) is 11.8 Å².